The first kappa shape index (κ1) is 14.7. The zero-order valence-corrected chi connectivity index (χ0v) is 11.9. The van der Waals surface area contributed by atoms with Gasteiger partial charge in [-0.3, -0.25) is 4.79 Å². The smallest absolute Gasteiger partial charge is 0.225 e. The van der Waals surface area contributed by atoms with Gasteiger partial charge in [0.15, 0.2) is 0 Å². The molecule has 0 saturated heterocycles. The summed E-state index contributed by atoms with van der Waals surface area (Å²) in [7, 11) is 1.83. The van der Waals surface area contributed by atoms with Gasteiger partial charge in [-0.15, -0.1) is 11.3 Å². The van der Waals surface area contributed by atoms with Gasteiger partial charge in [0.1, 0.15) is 6.61 Å². The Hall–Kier alpha value is -1.31. The summed E-state index contributed by atoms with van der Waals surface area (Å²) in [5.74, 6) is 5.72. The third kappa shape index (κ3) is 4.17. The highest BCUT2D eigenvalue weighted by Crippen LogP contribution is 2.17. The Labute approximate surface area is 112 Å². The summed E-state index contributed by atoms with van der Waals surface area (Å²) in [6.45, 7) is 4.46. The molecule has 1 aromatic rings. The fourth-order valence-electron chi connectivity index (χ4n) is 1.53. The predicted molar refractivity (Wildman–Crippen MR) is 74.2 cm³/mol. The minimum absolute atomic E-state index is 0.0728. The third-order valence-electron chi connectivity index (χ3n) is 2.77. The van der Waals surface area contributed by atoms with E-state index in [1.807, 2.05) is 32.3 Å². The van der Waals surface area contributed by atoms with Crippen LogP contribution in [0.25, 0.3) is 0 Å². The largest absolute Gasteiger partial charge is 0.384 e. The molecule has 0 saturated carbocycles. The van der Waals surface area contributed by atoms with E-state index in [0.29, 0.717) is 6.54 Å². The molecule has 0 aliphatic carbocycles. The van der Waals surface area contributed by atoms with Gasteiger partial charge in [0, 0.05) is 28.8 Å². The van der Waals surface area contributed by atoms with Crippen LogP contribution in [0.3, 0.4) is 0 Å². The average Bonchev–Trinajstić information content (AvgIpc) is 2.81. The third-order valence-corrected chi connectivity index (χ3v) is 3.69. The van der Waals surface area contributed by atoms with Crippen LogP contribution >= 0.6 is 11.3 Å². The van der Waals surface area contributed by atoms with Gasteiger partial charge in [-0.25, -0.2) is 0 Å². The summed E-state index contributed by atoms with van der Waals surface area (Å²) in [6.07, 6.45) is 0.862. The van der Waals surface area contributed by atoms with E-state index in [1.165, 1.54) is 0 Å². The van der Waals surface area contributed by atoms with E-state index in [-0.39, 0.29) is 18.4 Å². The van der Waals surface area contributed by atoms with Gasteiger partial charge in [-0.1, -0.05) is 25.7 Å². The molecule has 0 bridgehead atoms. The Morgan fingerprint density at radius 2 is 2.33 bits per heavy atom. The molecule has 4 heteroatoms. The van der Waals surface area contributed by atoms with Crippen molar-refractivity contribution in [2.24, 2.45) is 5.92 Å². The Balaban J connectivity index is 2.62. The first-order valence-electron chi connectivity index (χ1n) is 6.00. The highest BCUT2D eigenvalue weighted by Gasteiger charge is 2.16. The van der Waals surface area contributed by atoms with E-state index in [9.17, 15) is 4.79 Å². The van der Waals surface area contributed by atoms with Crippen molar-refractivity contribution >= 4 is 17.2 Å². The predicted octanol–water partition coefficient (Wildman–Crippen LogP) is 2.10. The van der Waals surface area contributed by atoms with E-state index < -0.39 is 0 Å². The molecule has 0 aromatic carbocycles. The quantitative estimate of drug-likeness (QED) is 0.847. The van der Waals surface area contributed by atoms with Crippen molar-refractivity contribution in [3.8, 4) is 11.8 Å². The lowest BCUT2D eigenvalue weighted by Crippen LogP contribution is -2.30. The second-order valence-corrected chi connectivity index (χ2v) is 5.26. The lowest BCUT2D eigenvalue weighted by Gasteiger charge is -2.19. The highest BCUT2D eigenvalue weighted by atomic mass is 32.1. The molecule has 1 N–H and O–H groups in total. The van der Waals surface area contributed by atoms with E-state index in [1.54, 1.807) is 16.2 Å². The van der Waals surface area contributed by atoms with Crippen molar-refractivity contribution in [1.82, 2.24) is 4.90 Å². The normalized spacial score (nSPS) is 11.6. The number of nitrogens with zero attached hydrogens (tertiary/aromatic N) is 1. The number of aliphatic hydroxyl groups is 1. The number of aliphatic hydroxyl groups excluding tert-OH is 1. The molecule has 1 unspecified atom stereocenters. The molecule has 1 heterocycles. The number of amides is 1. The van der Waals surface area contributed by atoms with Gasteiger partial charge < -0.3 is 10.0 Å². The lowest BCUT2D eigenvalue weighted by atomic mass is 10.1. The van der Waals surface area contributed by atoms with E-state index in [0.717, 1.165) is 16.9 Å². The highest BCUT2D eigenvalue weighted by molar-refractivity contribution is 7.10. The SMILES string of the molecule is CCC(C)C(=O)N(C)Cc1cc(C#CCO)cs1. The molecule has 0 fully saturated rings. The van der Waals surface area contributed by atoms with Crippen molar-refractivity contribution in [2.75, 3.05) is 13.7 Å². The van der Waals surface area contributed by atoms with Crippen molar-refractivity contribution in [2.45, 2.75) is 26.8 Å². The Morgan fingerprint density at radius 1 is 1.61 bits per heavy atom. The molecule has 0 aliphatic rings. The molecule has 3 nitrogen and oxygen atoms in total. The Bertz CT molecular complexity index is 456. The van der Waals surface area contributed by atoms with Gasteiger partial charge in [0.2, 0.25) is 5.91 Å². The van der Waals surface area contributed by atoms with Crippen LogP contribution in [0.5, 0.6) is 0 Å². The van der Waals surface area contributed by atoms with Crippen molar-refractivity contribution in [3.05, 3.63) is 21.9 Å². The molecule has 1 rings (SSSR count). The van der Waals surface area contributed by atoms with Crippen LogP contribution in [0.15, 0.2) is 11.4 Å². The molecular formula is C14H19NO2S. The van der Waals surface area contributed by atoms with Gasteiger partial charge >= 0.3 is 0 Å². The summed E-state index contributed by atoms with van der Waals surface area (Å²) in [6, 6.07) is 1.97. The van der Waals surface area contributed by atoms with E-state index in [2.05, 4.69) is 11.8 Å². The van der Waals surface area contributed by atoms with Crippen LogP contribution in [0, 0.1) is 17.8 Å². The molecule has 18 heavy (non-hydrogen) atoms. The van der Waals surface area contributed by atoms with Crippen LogP contribution in [-0.4, -0.2) is 29.6 Å². The molecule has 1 atom stereocenters. The minimum atomic E-state index is -0.127. The lowest BCUT2D eigenvalue weighted by molar-refractivity contribution is -0.134. The fraction of sp³-hybridized carbons (Fsp3) is 0.500. The first-order chi connectivity index (χ1) is 8.58. The van der Waals surface area contributed by atoms with Crippen LogP contribution < -0.4 is 0 Å². The van der Waals surface area contributed by atoms with Crippen LogP contribution in [0.1, 0.15) is 30.7 Å². The fourth-order valence-corrected chi connectivity index (χ4v) is 2.40. The first-order valence-corrected chi connectivity index (χ1v) is 6.88. The van der Waals surface area contributed by atoms with Gasteiger partial charge in [-0.2, -0.15) is 0 Å². The Morgan fingerprint density at radius 3 is 2.94 bits per heavy atom. The van der Waals surface area contributed by atoms with E-state index in [4.69, 9.17) is 5.11 Å². The molecule has 1 amide bonds. The molecule has 98 valence electrons. The molecule has 1 aromatic heterocycles. The maximum Gasteiger partial charge on any atom is 0.225 e. The van der Waals surface area contributed by atoms with Crippen molar-refractivity contribution in [1.29, 1.82) is 0 Å². The maximum atomic E-state index is 11.9. The summed E-state index contributed by atoms with van der Waals surface area (Å²) in [5, 5.41) is 10.6. The Kier molecular flexibility index (Phi) is 5.90. The van der Waals surface area contributed by atoms with Crippen LogP contribution in [0.2, 0.25) is 0 Å². The van der Waals surface area contributed by atoms with Crippen LogP contribution in [-0.2, 0) is 11.3 Å². The standard InChI is InChI=1S/C14H19NO2S/c1-4-11(2)14(17)15(3)9-13-8-12(10-18-13)6-5-7-16/h8,10-11,16H,4,7,9H2,1-3H3. The number of carbonyl (C=O) groups excluding carboxylic acids is 1. The molecule has 0 aliphatic heterocycles. The molecule has 0 spiro atoms. The van der Waals surface area contributed by atoms with Gasteiger partial charge in [-0.05, 0) is 12.5 Å². The minimum Gasteiger partial charge on any atom is -0.384 e. The number of carbonyl (C=O) groups is 1. The molecular weight excluding hydrogens is 246 g/mol. The number of rotatable bonds is 4. The average molecular weight is 265 g/mol. The molecule has 0 radical (unpaired) electrons. The van der Waals surface area contributed by atoms with Gasteiger partial charge in [0.05, 0.1) is 6.54 Å². The zero-order chi connectivity index (χ0) is 13.5. The number of hydrogen-bond donors (Lipinski definition) is 1. The topological polar surface area (TPSA) is 40.5 Å². The maximum absolute atomic E-state index is 11.9. The summed E-state index contributed by atoms with van der Waals surface area (Å²) in [4.78, 5) is 14.8. The second-order valence-electron chi connectivity index (χ2n) is 4.27. The number of thiophene rings is 1. The number of hydrogen-bond acceptors (Lipinski definition) is 3. The van der Waals surface area contributed by atoms with Crippen molar-refractivity contribution < 1.29 is 9.90 Å². The summed E-state index contributed by atoms with van der Waals surface area (Å²) in [5.41, 5.74) is 0.897. The summed E-state index contributed by atoms with van der Waals surface area (Å²) < 4.78 is 0. The van der Waals surface area contributed by atoms with Gasteiger partial charge in [0.25, 0.3) is 0 Å². The van der Waals surface area contributed by atoms with Crippen LogP contribution in [0.4, 0.5) is 0 Å². The summed E-state index contributed by atoms with van der Waals surface area (Å²) >= 11 is 1.59. The second kappa shape index (κ2) is 7.20. The monoisotopic (exact) mass is 265 g/mol. The van der Waals surface area contributed by atoms with Crippen molar-refractivity contribution in [3.63, 3.8) is 0 Å². The van der Waals surface area contributed by atoms with E-state index >= 15 is 0 Å². The zero-order valence-electron chi connectivity index (χ0n) is 11.1.